The Morgan fingerprint density at radius 2 is 2.30 bits per heavy atom. The van der Waals surface area contributed by atoms with Crippen LogP contribution < -0.4 is 5.32 Å². The first-order chi connectivity index (χ1) is 9.60. The van der Waals surface area contributed by atoms with E-state index in [9.17, 15) is 9.90 Å². The minimum Gasteiger partial charge on any atom is -0.396 e. The molecule has 2 aromatic rings. The molecule has 0 aromatic carbocycles. The molecule has 0 aliphatic heterocycles. The Morgan fingerprint density at radius 1 is 1.50 bits per heavy atom. The van der Waals surface area contributed by atoms with Crippen molar-refractivity contribution in [1.82, 2.24) is 10.3 Å². The predicted molar refractivity (Wildman–Crippen MR) is 82.5 cm³/mol. The Balaban J connectivity index is 1.89. The fraction of sp³-hybridized carbons (Fsp3) is 0.429. The molecule has 0 saturated carbocycles. The maximum atomic E-state index is 12.1. The summed E-state index contributed by atoms with van der Waals surface area (Å²) >= 11 is 3.07. The van der Waals surface area contributed by atoms with E-state index in [4.69, 9.17) is 0 Å². The van der Waals surface area contributed by atoms with E-state index < -0.39 is 0 Å². The maximum absolute atomic E-state index is 12.1. The predicted octanol–water partition coefficient (Wildman–Crippen LogP) is 2.40. The van der Waals surface area contributed by atoms with Crippen LogP contribution in [-0.2, 0) is 6.42 Å². The zero-order chi connectivity index (χ0) is 14.5. The summed E-state index contributed by atoms with van der Waals surface area (Å²) < 4.78 is 0. The van der Waals surface area contributed by atoms with E-state index in [2.05, 4.69) is 10.3 Å². The van der Waals surface area contributed by atoms with Crippen molar-refractivity contribution in [3.8, 4) is 0 Å². The molecule has 0 radical (unpaired) electrons. The molecule has 1 atom stereocenters. The Bertz CT molecular complexity index is 564. The topological polar surface area (TPSA) is 62.2 Å². The number of amides is 1. The van der Waals surface area contributed by atoms with Gasteiger partial charge >= 0.3 is 0 Å². The third-order valence-corrected chi connectivity index (χ3v) is 4.96. The Kier molecular flexibility index (Phi) is 5.28. The van der Waals surface area contributed by atoms with Gasteiger partial charge < -0.3 is 10.4 Å². The molecule has 108 valence electrons. The largest absolute Gasteiger partial charge is 0.396 e. The fourth-order valence-electron chi connectivity index (χ4n) is 1.97. The van der Waals surface area contributed by atoms with Crippen molar-refractivity contribution in [3.63, 3.8) is 0 Å². The van der Waals surface area contributed by atoms with Gasteiger partial charge in [0.1, 0.15) is 4.88 Å². The zero-order valence-corrected chi connectivity index (χ0v) is 13.2. The second-order valence-corrected chi connectivity index (χ2v) is 6.92. The van der Waals surface area contributed by atoms with Crippen LogP contribution in [-0.4, -0.2) is 29.1 Å². The van der Waals surface area contributed by atoms with Gasteiger partial charge in [-0.15, -0.1) is 22.7 Å². The first-order valence-corrected chi connectivity index (χ1v) is 8.15. The van der Waals surface area contributed by atoms with E-state index in [1.165, 1.54) is 16.2 Å². The van der Waals surface area contributed by atoms with Crippen LogP contribution >= 0.6 is 22.7 Å². The van der Waals surface area contributed by atoms with Crippen LogP contribution in [0.4, 0.5) is 0 Å². The highest BCUT2D eigenvalue weighted by molar-refractivity contribution is 7.13. The molecule has 0 bridgehead atoms. The molecule has 0 saturated heterocycles. The highest BCUT2D eigenvalue weighted by Gasteiger charge is 2.16. The average Bonchev–Trinajstić information content (AvgIpc) is 3.03. The van der Waals surface area contributed by atoms with Crippen molar-refractivity contribution in [2.75, 3.05) is 13.2 Å². The minimum atomic E-state index is -0.0993. The van der Waals surface area contributed by atoms with Gasteiger partial charge in [-0.2, -0.15) is 0 Å². The van der Waals surface area contributed by atoms with Crippen LogP contribution in [0.15, 0.2) is 17.5 Å². The van der Waals surface area contributed by atoms with Crippen molar-refractivity contribution in [1.29, 1.82) is 0 Å². The summed E-state index contributed by atoms with van der Waals surface area (Å²) in [5.41, 5.74) is 0.767. The Hall–Kier alpha value is -1.24. The molecule has 0 spiro atoms. The minimum absolute atomic E-state index is 0.0481. The van der Waals surface area contributed by atoms with Gasteiger partial charge in [0, 0.05) is 23.9 Å². The van der Waals surface area contributed by atoms with Crippen LogP contribution in [0.5, 0.6) is 0 Å². The van der Waals surface area contributed by atoms with E-state index in [1.54, 1.807) is 11.3 Å². The normalized spacial score (nSPS) is 12.3. The summed E-state index contributed by atoms with van der Waals surface area (Å²) in [7, 11) is 0. The molecular formula is C14H18N2O2S2. The highest BCUT2D eigenvalue weighted by Crippen LogP contribution is 2.17. The number of rotatable bonds is 6. The van der Waals surface area contributed by atoms with E-state index in [0.29, 0.717) is 11.4 Å². The van der Waals surface area contributed by atoms with E-state index >= 15 is 0 Å². The molecule has 0 unspecified atom stereocenters. The van der Waals surface area contributed by atoms with Gasteiger partial charge in [0.15, 0.2) is 0 Å². The van der Waals surface area contributed by atoms with E-state index in [0.717, 1.165) is 17.1 Å². The SMILES string of the molecule is Cc1nc(C)c(C(=O)NC[C@H](CO)Cc2cccs2)s1. The first kappa shape index (κ1) is 15.2. The molecule has 4 nitrogen and oxygen atoms in total. The standard InChI is InChI=1S/C14H18N2O2S2/c1-9-13(20-10(2)16-9)14(18)15-7-11(8-17)6-12-4-3-5-19-12/h3-5,11,17H,6-8H2,1-2H3,(H,15,18)/t11-/m1/s1. The van der Waals surface area contributed by atoms with Crippen molar-refractivity contribution >= 4 is 28.6 Å². The summed E-state index contributed by atoms with van der Waals surface area (Å²) in [5, 5.41) is 15.2. The van der Waals surface area contributed by atoms with Crippen LogP contribution in [0, 0.1) is 19.8 Å². The molecule has 0 fully saturated rings. The summed E-state index contributed by atoms with van der Waals surface area (Å²) in [6.07, 6.45) is 0.787. The first-order valence-electron chi connectivity index (χ1n) is 6.45. The van der Waals surface area contributed by atoms with Gasteiger partial charge in [0.25, 0.3) is 5.91 Å². The van der Waals surface area contributed by atoms with E-state index in [1.807, 2.05) is 31.4 Å². The van der Waals surface area contributed by atoms with Crippen LogP contribution in [0.25, 0.3) is 0 Å². The number of aromatic nitrogens is 1. The van der Waals surface area contributed by atoms with E-state index in [-0.39, 0.29) is 18.4 Å². The lowest BCUT2D eigenvalue weighted by Crippen LogP contribution is -2.31. The molecule has 2 N–H and O–H groups in total. The summed E-state index contributed by atoms with van der Waals surface area (Å²) in [5.74, 6) is -0.0512. The summed E-state index contributed by atoms with van der Waals surface area (Å²) in [4.78, 5) is 18.2. The average molecular weight is 310 g/mol. The molecule has 2 rings (SSSR count). The summed E-state index contributed by atoms with van der Waals surface area (Å²) in [6.45, 7) is 4.28. The number of aryl methyl sites for hydroxylation is 2. The number of nitrogens with one attached hydrogen (secondary N) is 1. The zero-order valence-electron chi connectivity index (χ0n) is 11.5. The van der Waals surface area contributed by atoms with Gasteiger partial charge in [-0.25, -0.2) is 4.98 Å². The van der Waals surface area contributed by atoms with Crippen LogP contribution in [0.2, 0.25) is 0 Å². The molecule has 0 aliphatic rings. The molecular weight excluding hydrogens is 292 g/mol. The second-order valence-electron chi connectivity index (χ2n) is 4.69. The van der Waals surface area contributed by atoms with Gasteiger partial charge in [0.05, 0.1) is 10.7 Å². The van der Waals surface area contributed by atoms with Gasteiger partial charge in [0.2, 0.25) is 0 Å². The number of thiazole rings is 1. The molecule has 6 heteroatoms. The third kappa shape index (κ3) is 3.88. The number of aliphatic hydroxyl groups is 1. The van der Waals surface area contributed by atoms with Crippen molar-refractivity contribution in [2.24, 2.45) is 5.92 Å². The Labute approximate surface area is 126 Å². The number of hydrogen-bond donors (Lipinski definition) is 2. The lowest BCUT2D eigenvalue weighted by molar-refractivity contribution is 0.0943. The number of thiophene rings is 1. The lowest BCUT2D eigenvalue weighted by Gasteiger charge is -2.13. The summed E-state index contributed by atoms with van der Waals surface area (Å²) in [6, 6.07) is 4.04. The Morgan fingerprint density at radius 3 is 2.85 bits per heavy atom. The van der Waals surface area contributed by atoms with Gasteiger partial charge in [-0.05, 0) is 31.7 Å². The maximum Gasteiger partial charge on any atom is 0.263 e. The quantitative estimate of drug-likeness (QED) is 0.861. The smallest absolute Gasteiger partial charge is 0.263 e. The van der Waals surface area contributed by atoms with Crippen molar-refractivity contribution < 1.29 is 9.90 Å². The lowest BCUT2D eigenvalue weighted by atomic mass is 10.1. The van der Waals surface area contributed by atoms with Gasteiger partial charge in [-0.1, -0.05) is 6.07 Å². The molecule has 0 aliphatic carbocycles. The highest BCUT2D eigenvalue weighted by atomic mass is 32.1. The fourth-order valence-corrected chi connectivity index (χ4v) is 3.63. The third-order valence-electron chi connectivity index (χ3n) is 2.99. The number of carbonyl (C=O) groups is 1. The number of nitrogens with zero attached hydrogens (tertiary/aromatic N) is 1. The molecule has 1 amide bonds. The van der Waals surface area contributed by atoms with Gasteiger partial charge in [-0.3, -0.25) is 4.79 Å². The van der Waals surface area contributed by atoms with Crippen LogP contribution in [0.3, 0.4) is 0 Å². The number of carbonyl (C=O) groups excluding carboxylic acids is 1. The van der Waals surface area contributed by atoms with Crippen molar-refractivity contribution in [3.05, 3.63) is 38.0 Å². The monoisotopic (exact) mass is 310 g/mol. The number of hydrogen-bond acceptors (Lipinski definition) is 5. The molecule has 20 heavy (non-hydrogen) atoms. The number of aliphatic hydroxyl groups excluding tert-OH is 1. The molecule has 2 aromatic heterocycles. The van der Waals surface area contributed by atoms with Crippen LogP contribution in [0.1, 0.15) is 25.3 Å². The second kappa shape index (κ2) is 6.97. The van der Waals surface area contributed by atoms with Crippen molar-refractivity contribution in [2.45, 2.75) is 20.3 Å². The molecule has 2 heterocycles.